The van der Waals surface area contributed by atoms with Crippen molar-refractivity contribution < 1.29 is 9.84 Å². The van der Waals surface area contributed by atoms with Gasteiger partial charge in [0.25, 0.3) is 0 Å². The number of rotatable bonds is 6. The Hall–Kier alpha value is -0.950. The Kier molecular flexibility index (Phi) is 5.46. The number of β-amino-alcohol motifs (C(OH)–C–C–N with tert-alkyl or cyclic N) is 1. The largest absolute Gasteiger partial charge is 0.390 e. The SMILES string of the molecule is CN(C[C@H](O)CN1CCOCC1)C[C@H]1CCc2nccn2C1. The van der Waals surface area contributed by atoms with E-state index in [1.165, 1.54) is 12.2 Å². The minimum Gasteiger partial charge on any atom is -0.390 e. The van der Waals surface area contributed by atoms with Gasteiger partial charge in [-0.05, 0) is 19.4 Å². The summed E-state index contributed by atoms with van der Waals surface area (Å²) in [6.45, 7) is 7.04. The normalized spacial score (nSPS) is 24.4. The quantitative estimate of drug-likeness (QED) is 0.806. The molecule has 1 saturated heterocycles. The van der Waals surface area contributed by atoms with Gasteiger partial charge in [-0.15, -0.1) is 0 Å². The first-order chi connectivity index (χ1) is 10.7. The summed E-state index contributed by atoms with van der Waals surface area (Å²) in [6.07, 6.45) is 5.96. The molecule has 0 bridgehead atoms. The number of nitrogens with zero attached hydrogens (tertiary/aromatic N) is 4. The number of imidazole rings is 1. The van der Waals surface area contributed by atoms with Gasteiger partial charge in [0.05, 0.1) is 19.3 Å². The van der Waals surface area contributed by atoms with Crippen molar-refractivity contribution in [1.29, 1.82) is 0 Å². The number of hydrogen-bond acceptors (Lipinski definition) is 5. The lowest BCUT2D eigenvalue weighted by Gasteiger charge is -2.32. The van der Waals surface area contributed by atoms with Crippen molar-refractivity contribution >= 4 is 0 Å². The monoisotopic (exact) mass is 308 g/mol. The Morgan fingerprint density at radius 1 is 1.45 bits per heavy atom. The van der Waals surface area contributed by atoms with Crippen molar-refractivity contribution in [2.45, 2.75) is 25.5 Å². The fourth-order valence-corrected chi connectivity index (χ4v) is 3.60. The van der Waals surface area contributed by atoms with Crippen LogP contribution in [0.2, 0.25) is 0 Å². The molecule has 6 heteroatoms. The lowest BCUT2D eigenvalue weighted by Crippen LogP contribution is -2.45. The molecule has 22 heavy (non-hydrogen) atoms. The fraction of sp³-hybridized carbons (Fsp3) is 0.812. The highest BCUT2D eigenvalue weighted by molar-refractivity contribution is 4.97. The van der Waals surface area contributed by atoms with E-state index in [0.29, 0.717) is 5.92 Å². The Morgan fingerprint density at radius 2 is 2.27 bits per heavy atom. The van der Waals surface area contributed by atoms with Gasteiger partial charge in [-0.25, -0.2) is 4.98 Å². The highest BCUT2D eigenvalue weighted by Crippen LogP contribution is 2.19. The molecule has 1 fully saturated rings. The Bertz CT molecular complexity index is 459. The van der Waals surface area contributed by atoms with Gasteiger partial charge in [-0.2, -0.15) is 0 Å². The number of likely N-dealkylation sites (N-methyl/N-ethyl adjacent to an activating group) is 1. The smallest absolute Gasteiger partial charge is 0.108 e. The zero-order chi connectivity index (χ0) is 15.4. The van der Waals surface area contributed by atoms with Gasteiger partial charge in [-0.3, -0.25) is 4.90 Å². The van der Waals surface area contributed by atoms with Gasteiger partial charge in [0.1, 0.15) is 5.82 Å². The molecule has 0 spiro atoms. The number of aromatic nitrogens is 2. The number of hydrogen-bond donors (Lipinski definition) is 1. The molecule has 6 nitrogen and oxygen atoms in total. The van der Waals surface area contributed by atoms with Gasteiger partial charge >= 0.3 is 0 Å². The van der Waals surface area contributed by atoms with Gasteiger partial charge in [0.15, 0.2) is 0 Å². The summed E-state index contributed by atoms with van der Waals surface area (Å²) in [5, 5.41) is 10.3. The van der Waals surface area contributed by atoms with E-state index in [0.717, 1.165) is 58.9 Å². The minimum absolute atomic E-state index is 0.282. The van der Waals surface area contributed by atoms with Crippen molar-refractivity contribution in [1.82, 2.24) is 19.4 Å². The number of aliphatic hydroxyl groups is 1. The molecule has 0 aromatic carbocycles. The second kappa shape index (κ2) is 7.55. The third-order valence-corrected chi connectivity index (χ3v) is 4.70. The number of aliphatic hydroxyl groups excluding tert-OH is 1. The summed E-state index contributed by atoms with van der Waals surface area (Å²) in [5.41, 5.74) is 0. The van der Waals surface area contributed by atoms with Crippen LogP contribution < -0.4 is 0 Å². The van der Waals surface area contributed by atoms with Crippen molar-refractivity contribution in [3.05, 3.63) is 18.2 Å². The predicted molar refractivity (Wildman–Crippen MR) is 84.8 cm³/mol. The van der Waals surface area contributed by atoms with Gasteiger partial charge in [0.2, 0.25) is 0 Å². The average Bonchev–Trinajstić information content (AvgIpc) is 2.95. The van der Waals surface area contributed by atoms with Crippen LogP contribution in [0.4, 0.5) is 0 Å². The summed E-state index contributed by atoms with van der Waals surface area (Å²) in [7, 11) is 2.12. The van der Waals surface area contributed by atoms with E-state index in [4.69, 9.17) is 4.74 Å². The number of morpholine rings is 1. The zero-order valence-corrected chi connectivity index (χ0v) is 13.5. The van der Waals surface area contributed by atoms with Gasteiger partial charge < -0.3 is 19.3 Å². The third-order valence-electron chi connectivity index (χ3n) is 4.70. The van der Waals surface area contributed by atoms with Crippen LogP contribution in [-0.2, 0) is 17.7 Å². The highest BCUT2D eigenvalue weighted by atomic mass is 16.5. The first-order valence-corrected chi connectivity index (χ1v) is 8.37. The van der Waals surface area contributed by atoms with E-state index in [-0.39, 0.29) is 6.10 Å². The first kappa shape index (κ1) is 15.9. The number of fused-ring (bicyclic) bond motifs is 1. The number of ether oxygens (including phenoxy) is 1. The lowest BCUT2D eigenvalue weighted by atomic mass is 9.99. The summed E-state index contributed by atoms with van der Waals surface area (Å²) in [4.78, 5) is 8.94. The highest BCUT2D eigenvalue weighted by Gasteiger charge is 2.21. The molecule has 0 radical (unpaired) electrons. The molecule has 1 aromatic heterocycles. The molecule has 1 N–H and O–H groups in total. The fourth-order valence-electron chi connectivity index (χ4n) is 3.60. The average molecular weight is 308 g/mol. The van der Waals surface area contributed by atoms with Crippen LogP contribution in [-0.4, -0.2) is 83.5 Å². The number of aryl methyl sites for hydroxylation is 1. The zero-order valence-electron chi connectivity index (χ0n) is 13.5. The molecule has 0 unspecified atom stereocenters. The van der Waals surface area contributed by atoms with Crippen LogP contribution in [0, 0.1) is 5.92 Å². The molecule has 1 aromatic rings. The molecular formula is C16H28N4O2. The molecule has 0 aliphatic carbocycles. The molecule has 2 aliphatic rings. The van der Waals surface area contributed by atoms with Crippen LogP contribution in [0.3, 0.4) is 0 Å². The van der Waals surface area contributed by atoms with Crippen LogP contribution >= 0.6 is 0 Å². The second-order valence-electron chi connectivity index (χ2n) is 6.69. The summed E-state index contributed by atoms with van der Waals surface area (Å²) in [5.74, 6) is 1.87. The Labute approximate surface area is 132 Å². The topological polar surface area (TPSA) is 53.8 Å². The Balaban J connectivity index is 1.39. The maximum atomic E-state index is 10.3. The van der Waals surface area contributed by atoms with Crippen LogP contribution in [0.5, 0.6) is 0 Å². The molecule has 0 saturated carbocycles. The van der Waals surface area contributed by atoms with E-state index < -0.39 is 0 Å². The molecule has 2 atom stereocenters. The van der Waals surface area contributed by atoms with Gasteiger partial charge in [-0.1, -0.05) is 0 Å². The molecule has 3 rings (SSSR count). The van der Waals surface area contributed by atoms with E-state index in [1.807, 2.05) is 6.20 Å². The molecule has 2 aliphatic heterocycles. The second-order valence-corrected chi connectivity index (χ2v) is 6.69. The maximum Gasteiger partial charge on any atom is 0.108 e. The summed E-state index contributed by atoms with van der Waals surface area (Å²) < 4.78 is 7.61. The van der Waals surface area contributed by atoms with Crippen molar-refractivity contribution in [2.75, 3.05) is 53.0 Å². The van der Waals surface area contributed by atoms with E-state index in [1.54, 1.807) is 0 Å². The minimum atomic E-state index is -0.282. The van der Waals surface area contributed by atoms with Crippen LogP contribution in [0.25, 0.3) is 0 Å². The summed E-state index contributed by atoms with van der Waals surface area (Å²) in [6, 6.07) is 0. The molecular weight excluding hydrogens is 280 g/mol. The predicted octanol–water partition coefficient (Wildman–Crippen LogP) is 0.0704. The third kappa shape index (κ3) is 4.29. The molecule has 3 heterocycles. The van der Waals surface area contributed by atoms with E-state index in [2.05, 4.69) is 32.6 Å². The Morgan fingerprint density at radius 3 is 3.09 bits per heavy atom. The maximum absolute atomic E-state index is 10.3. The lowest BCUT2D eigenvalue weighted by molar-refractivity contribution is 0.00751. The molecule has 124 valence electrons. The molecule has 0 amide bonds. The summed E-state index contributed by atoms with van der Waals surface area (Å²) >= 11 is 0. The van der Waals surface area contributed by atoms with Crippen molar-refractivity contribution in [3.8, 4) is 0 Å². The van der Waals surface area contributed by atoms with Crippen LogP contribution in [0.1, 0.15) is 12.2 Å². The van der Waals surface area contributed by atoms with Crippen molar-refractivity contribution in [3.63, 3.8) is 0 Å². The van der Waals surface area contributed by atoms with Crippen LogP contribution in [0.15, 0.2) is 12.4 Å². The van der Waals surface area contributed by atoms with Crippen molar-refractivity contribution in [2.24, 2.45) is 5.92 Å². The van der Waals surface area contributed by atoms with E-state index >= 15 is 0 Å². The standard InChI is InChI=1S/C16H28N4O2/c1-18(12-15(21)13-19-6-8-22-9-7-19)10-14-2-3-16-17-4-5-20(16)11-14/h4-5,14-15,21H,2-3,6-13H2,1H3/t14-,15+/m1/s1. The van der Waals surface area contributed by atoms with Gasteiger partial charge in [0, 0.05) is 58.1 Å². The van der Waals surface area contributed by atoms with E-state index in [9.17, 15) is 5.11 Å². The first-order valence-electron chi connectivity index (χ1n) is 8.37.